The second-order valence-corrected chi connectivity index (χ2v) is 7.02. The molecule has 0 saturated carbocycles. The van der Waals surface area contributed by atoms with Crippen molar-refractivity contribution in [1.29, 1.82) is 0 Å². The second kappa shape index (κ2) is 8.47. The third-order valence-corrected chi connectivity index (χ3v) is 5.04. The normalized spacial score (nSPS) is 22.9. The first-order valence-corrected chi connectivity index (χ1v) is 9.23. The van der Waals surface area contributed by atoms with Crippen molar-refractivity contribution in [2.75, 3.05) is 38.0 Å². The van der Waals surface area contributed by atoms with Gasteiger partial charge in [-0.25, -0.2) is 4.39 Å². The van der Waals surface area contributed by atoms with Crippen molar-refractivity contribution in [3.63, 3.8) is 0 Å². The van der Waals surface area contributed by atoms with E-state index in [1.165, 1.54) is 25.0 Å². The van der Waals surface area contributed by atoms with Gasteiger partial charge in [0.2, 0.25) is 5.91 Å². The molecule has 1 aromatic carbocycles. The molecule has 2 fully saturated rings. The smallest absolute Gasteiger partial charge is 0.236 e. The van der Waals surface area contributed by atoms with E-state index >= 15 is 0 Å². The molecule has 1 amide bonds. The fraction of sp³-hybridized carbons (Fsp3) is 0.632. The highest BCUT2D eigenvalue weighted by Gasteiger charge is 2.24. The molecular weight excluding hydrogens is 305 g/mol. The number of anilines is 1. The maximum Gasteiger partial charge on any atom is 0.236 e. The third-order valence-electron chi connectivity index (χ3n) is 5.04. The summed E-state index contributed by atoms with van der Waals surface area (Å²) in [7, 11) is 0. The van der Waals surface area contributed by atoms with Crippen molar-refractivity contribution >= 4 is 11.6 Å². The summed E-state index contributed by atoms with van der Waals surface area (Å²) < 4.78 is 13.0. The highest BCUT2D eigenvalue weighted by Crippen LogP contribution is 2.17. The van der Waals surface area contributed by atoms with Gasteiger partial charge >= 0.3 is 0 Å². The number of amides is 1. The summed E-state index contributed by atoms with van der Waals surface area (Å²) in [5.74, 6) is 0.0631. The number of likely N-dealkylation sites (tertiary alicyclic amines) is 2. The topological polar surface area (TPSA) is 35.6 Å². The van der Waals surface area contributed by atoms with Crippen LogP contribution in [-0.4, -0.2) is 54.5 Å². The Morgan fingerprint density at radius 3 is 2.46 bits per heavy atom. The number of nitrogens with zero attached hydrogens (tertiary/aromatic N) is 2. The molecule has 24 heavy (non-hydrogen) atoms. The number of nitrogens with one attached hydrogen (secondary N) is 1. The lowest BCUT2D eigenvalue weighted by Gasteiger charge is -2.34. The van der Waals surface area contributed by atoms with Crippen molar-refractivity contribution in [3.8, 4) is 0 Å². The van der Waals surface area contributed by atoms with E-state index in [0.29, 0.717) is 12.6 Å². The molecule has 2 saturated heterocycles. The average molecular weight is 333 g/mol. The lowest BCUT2D eigenvalue weighted by Crippen LogP contribution is -2.47. The summed E-state index contributed by atoms with van der Waals surface area (Å²) in [5, 5.41) is 3.47. The number of piperidine rings is 1. The number of rotatable bonds is 4. The molecule has 5 heteroatoms. The van der Waals surface area contributed by atoms with Crippen LogP contribution in [0.2, 0.25) is 0 Å². The standard InChI is InChI=1S/C19H28FN3O/c20-16-7-9-17(10-8-16)21-18-6-5-11-22(14-18)15-19(24)23-12-3-1-2-4-13-23/h7-10,18,21H,1-6,11-15H2/t18-/m1/s1. The first kappa shape index (κ1) is 17.2. The average Bonchev–Trinajstić information content (AvgIpc) is 2.87. The maximum atomic E-state index is 13.0. The largest absolute Gasteiger partial charge is 0.381 e. The van der Waals surface area contributed by atoms with Crippen molar-refractivity contribution in [1.82, 2.24) is 9.80 Å². The Balaban J connectivity index is 1.49. The van der Waals surface area contributed by atoms with Crippen LogP contribution in [0.4, 0.5) is 10.1 Å². The number of hydrogen-bond donors (Lipinski definition) is 1. The van der Waals surface area contributed by atoms with Gasteiger partial charge in [-0.1, -0.05) is 12.8 Å². The number of benzene rings is 1. The summed E-state index contributed by atoms with van der Waals surface area (Å²) in [5.41, 5.74) is 0.946. The molecule has 3 rings (SSSR count). The molecule has 2 heterocycles. The summed E-state index contributed by atoms with van der Waals surface area (Å²) >= 11 is 0. The summed E-state index contributed by atoms with van der Waals surface area (Å²) in [6.07, 6.45) is 6.95. The predicted octanol–water partition coefficient (Wildman–Crippen LogP) is 3.10. The molecule has 1 N–H and O–H groups in total. The predicted molar refractivity (Wildman–Crippen MR) is 94.5 cm³/mol. The zero-order valence-corrected chi connectivity index (χ0v) is 14.3. The quantitative estimate of drug-likeness (QED) is 0.920. The Kier molecular flexibility index (Phi) is 6.07. The lowest BCUT2D eigenvalue weighted by atomic mass is 10.1. The fourth-order valence-electron chi connectivity index (χ4n) is 3.71. The minimum Gasteiger partial charge on any atom is -0.381 e. The van der Waals surface area contributed by atoms with Crippen LogP contribution in [0.1, 0.15) is 38.5 Å². The molecule has 0 spiro atoms. The van der Waals surface area contributed by atoms with Crippen LogP contribution in [0.25, 0.3) is 0 Å². The van der Waals surface area contributed by atoms with Crippen LogP contribution in [0, 0.1) is 5.82 Å². The van der Waals surface area contributed by atoms with Gasteiger partial charge in [0.25, 0.3) is 0 Å². The summed E-state index contributed by atoms with van der Waals surface area (Å²) in [6.45, 7) is 4.23. The third kappa shape index (κ3) is 4.94. The van der Waals surface area contributed by atoms with Crippen molar-refractivity contribution < 1.29 is 9.18 Å². The van der Waals surface area contributed by atoms with Gasteiger partial charge in [-0.15, -0.1) is 0 Å². The Morgan fingerprint density at radius 2 is 1.75 bits per heavy atom. The fourth-order valence-corrected chi connectivity index (χ4v) is 3.71. The van der Waals surface area contributed by atoms with Gasteiger partial charge in [-0.3, -0.25) is 9.69 Å². The SMILES string of the molecule is O=C(CN1CCC[C@@H](Nc2ccc(F)cc2)C1)N1CCCCCC1. The molecule has 0 radical (unpaired) electrons. The van der Waals surface area contributed by atoms with Gasteiger partial charge in [0, 0.05) is 31.4 Å². The van der Waals surface area contributed by atoms with Crippen LogP contribution < -0.4 is 5.32 Å². The van der Waals surface area contributed by atoms with E-state index in [1.54, 1.807) is 12.1 Å². The number of hydrogen-bond acceptors (Lipinski definition) is 3. The van der Waals surface area contributed by atoms with Crippen LogP contribution in [-0.2, 0) is 4.79 Å². The molecule has 1 aromatic rings. The molecule has 0 unspecified atom stereocenters. The van der Waals surface area contributed by atoms with Gasteiger partial charge < -0.3 is 10.2 Å². The zero-order valence-electron chi connectivity index (χ0n) is 14.3. The molecule has 1 atom stereocenters. The van der Waals surface area contributed by atoms with E-state index in [0.717, 1.165) is 57.5 Å². The van der Waals surface area contributed by atoms with E-state index in [4.69, 9.17) is 0 Å². The highest BCUT2D eigenvalue weighted by atomic mass is 19.1. The second-order valence-electron chi connectivity index (χ2n) is 7.02. The summed E-state index contributed by atoms with van der Waals surface area (Å²) in [6, 6.07) is 6.83. The molecule has 2 aliphatic rings. The number of halogens is 1. The zero-order chi connectivity index (χ0) is 16.8. The molecular formula is C19H28FN3O. The van der Waals surface area contributed by atoms with E-state index in [1.807, 2.05) is 4.90 Å². The minimum absolute atomic E-state index is 0.214. The van der Waals surface area contributed by atoms with Crippen LogP contribution >= 0.6 is 0 Å². The molecule has 4 nitrogen and oxygen atoms in total. The minimum atomic E-state index is -0.214. The van der Waals surface area contributed by atoms with Gasteiger partial charge in [-0.2, -0.15) is 0 Å². The van der Waals surface area contributed by atoms with E-state index in [-0.39, 0.29) is 11.7 Å². The van der Waals surface area contributed by atoms with Crippen LogP contribution in [0.5, 0.6) is 0 Å². The first-order chi connectivity index (χ1) is 11.7. The molecule has 2 aliphatic heterocycles. The lowest BCUT2D eigenvalue weighted by molar-refractivity contribution is -0.132. The first-order valence-electron chi connectivity index (χ1n) is 9.23. The molecule has 132 valence electrons. The summed E-state index contributed by atoms with van der Waals surface area (Å²) in [4.78, 5) is 16.9. The van der Waals surface area contributed by atoms with E-state index in [9.17, 15) is 9.18 Å². The van der Waals surface area contributed by atoms with Gasteiger partial charge in [0.1, 0.15) is 5.82 Å². The Labute approximate surface area is 144 Å². The van der Waals surface area contributed by atoms with Crippen LogP contribution in [0.3, 0.4) is 0 Å². The molecule has 0 bridgehead atoms. The van der Waals surface area contributed by atoms with Crippen molar-refractivity contribution in [2.45, 2.75) is 44.6 Å². The molecule has 0 aromatic heterocycles. The monoisotopic (exact) mass is 333 g/mol. The van der Waals surface area contributed by atoms with Crippen LogP contribution in [0.15, 0.2) is 24.3 Å². The van der Waals surface area contributed by atoms with Gasteiger partial charge in [0.15, 0.2) is 0 Å². The van der Waals surface area contributed by atoms with E-state index < -0.39 is 0 Å². The highest BCUT2D eigenvalue weighted by molar-refractivity contribution is 5.78. The van der Waals surface area contributed by atoms with E-state index in [2.05, 4.69) is 10.2 Å². The Bertz CT molecular complexity index is 526. The Hall–Kier alpha value is -1.62. The number of carbonyl (C=O) groups is 1. The van der Waals surface area contributed by atoms with Crippen molar-refractivity contribution in [2.24, 2.45) is 0 Å². The number of carbonyl (C=O) groups excluding carboxylic acids is 1. The van der Waals surface area contributed by atoms with Gasteiger partial charge in [0.05, 0.1) is 6.54 Å². The maximum absolute atomic E-state index is 13.0. The molecule has 0 aliphatic carbocycles. The Morgan fingerprint density at radius 1 is 1.04 bits per heavy atom. The van der Waals surface area contributed by atoms with Crippen molar-refractivity contribution in [3.05, 3.63) is 30.1 Å². The van der Waals surface area contributed by atoms with Gasteiger partial charge in [-0.05, 0) is 56.5 Å².